The summed E-state index contributed by atoms with van der Waals surface area (Å²) >= 11 is 0. The van der Waals surface area contributed by atoms with E-state index in [1.165, 1.54) is 0 Å². The van der Waals surface area contributed by atoms with Gasteiger partial charge in [-0.15, -0.1) is 0 Å². The lowest BCUT2D eigenvalue weighted by atomic mass is 10.0. The molecule has 1 fully saturated rings. The molecule has 1 aliphatic rings. The summed E-state index contributed by atoms with van der Waals surface area (Å²) in [7, 11) is 1.93. The minimum absolute atomic E-state index is 0.0584. The molecule has 5 heteroatoms. The van der Waals surface area contributed by atoms with Crippen molar-refractivity contribution in [3.63, 3.8) is 0 Å². The van der Waals surface area contributed by atoms with Gasteiger partial charge >= 0.3 is 0 Å². The third-order valence-electron chi connectivity index (χ3n) is 5.03. The smallest absolute Gasteiger partial charge is 0.254 e. The standard InChI is InChI=1S/C23H25N3O2/c1-16-13-26(14-17(2)28-16)23(27)20-11-9-18(10-12-20)21-15-25(3)24-22(21)19-7-5-4-6-8-19/h4-12,15-17H,13-14H2,1-3H3/t16-,17+. The zero-order chi connectivity index (χ0) is 19.7. The van der Waals surface area contributed by atoms with Crippen molar-refractivity contribution in [2.24, 2.45) is 7.05 Å². The molecular formula is C23H25N3O2. The Morgan fingerprint density at radius 3 is 2.25 bits per heavy atom. The average molecular weight is 375 g/mol. The van der Waals surface area contributed by atoms with Crippen molar-refractivity contribution in [3.05, 3.63) is 66.4 Å². The SMILES string of the molecule is C[C@@H]1CN(C(=O)c2ccc(-c3cn(C)nc3-c3ccccc3)cc2)C[C@H](C)O1. The van der Waals surface area contributed by atoms with Crippen molar-refractivity contribution in [2.75, 3.05) is 13.1 Å². The number of ether oxygens (including phenoxy) is 1. The summed E-state index contributed by atoms with van der Waals surface area (Å²) in [6, 6.07) is 18.0. The van der Waals surface area contributed by atoms with Crippen LogP contribution < -0.4 is 0 Å². The first-order valence-electron chi connectivity index (χ1n) is 9.65. The van der Waals surface area contributed by atoms with Crippen molar-refractivity contribution in [2.45, 2.75) is 26.1 Å². The number of carbonyl (C=O) groups is 1. The number of carbonyl (C=O) groups excluding carboxylic acids is 1. The molecule has 0 saturated carbocycles. The fourth-order valence-corrected chi connectivity index (χ4v) is 3.83. The Hall–Kier alpha value is -2.92. The highest BCUT2D eigenvalue weighted by atomic mass is 16.5. The number of amides is 1. The Labute approximate surface area is 165 Å². The molecular weight excluding hydrogens is 350 g/mol. The second-order valence-electron chi connectivity index (χ2n) is 7.48. The van der Waals surface area contributed by atoms with Crippen LogP contribution >= 0.6 is 0 Å². The summed E-state index contributed by atoms with van der Waals surface area (Å²) in [6.07, 6.45) is 2.15. The van der Waals surface area contributed by atoms with Crippen LogP contribution in [0.4, 0.5) is 0 Å². The predicted molar refractivity (Wildman–Crippen MR) is 110 cm³/mol. The molecule has 28 heavy (non-hydrogen) atoms. The Morgan fingerprint density at radius 1 is 0.964 bits per heavy atom. The van der Waals surface area contributed by atoms with Crippen LogP contribution in [0.2, 0.25) is 0 Å². The highest BCUT2D eigenvalue weighted by molar-refractivity contribution is 5.95. The van der Waals surface area contributed by atoms with Gasteiger partial charge in [-0.3, -0.25) is 9.48 Å². The van der Waals surface area contributed by atoms with E-state index in [2.05, 4.69) is 17.2 Å². The Bertz CT molecular complexity index is 953. The van der Waals surface area contributed by atoms with Crippen LogP contribution in [0, 0.1) is 0 Å². The summed E-state index contributed by atoms with van der Waals surface area (Å²) in [5.74, 6) is 0.0584. The van der Waals surface area contributed by atoms with Crippen LogP contribution in [0.15, 0.2) is 60.8 Å². The number of benzene rings is 2. The van der Waals surface area contributed by atoms with Gasteiger partial charge in [0, 0.05) is 43.0 Å². The number of aryl methyl sites for hydroxylation is 1. The lowest BCUT2D eigenvalue weighted by molar-refractivity contribution is -0.0586. The summed E-state index contributed by atoms with van der Waals surface area (Å²) in [6.45, 7) is 5.27. The second kappa shape index (κ2) is 7.60. The van der Waals surface area contributed by atoms with Crippen molar-refractivity contribution in [1.82, 2.24) is 14.7 Å². The van der Waals surface area contributed by atoms with Gasteiger partial charge in [-0.25, -0.2) is 0 Å². The first-order valence-corrected chi connectivity index (χ1v) is 9.65. The number of aromatic nitrogens is 2. The minimum Gasteiger partial charge on any atom is -0.372 e. The quantitative estimate of drug-likeness (QED) is 0.695. The number of hydrogen-bond acceptors (Lipinski definition) is 3. The van der Waals surface area contributed by atoms with E-state index < -0.39 is 0 Å². The minimum atomic E-state index is 0.0584. The van der Waals surface area contributed by atoms with Crippen LogP contribution in [0.3, 0.4) is 0 Å². The molecule has 0 spiro atoms. The zero-order valence-electron chi connectivity index (χ0n) is 16.5. The van der Waals surface area contributed by atoms with Crippen LogP contribution in [0.1, 0.15) is 24.2 Å². The average Bonchev–Trinajstić information content (AvgIpc) is 3.09. The Balaban J connectivity index is 1.60. The van der Waals surface area contributed by atoms with E-state index in [0.29, 0.717) is 18.7 Å². The number of nitrogens with zero attached hydrogens (tertiary/aromatic N) is 3. The molecule has 2 aromatic carbocycles. The van der Waals surface area contributed by atoms with Crippen molar-refractivity contribution in [1.29, 1.82) is 0 Å². The molecule has 4 rings (SSSR count). The van der Waals surface area contributed by atoms with E-state index in [1.54, 1.807) is 0 Å². The van der Waals surface area contributed by atoms with Crippen LogP contribution in [-0.2, 0) is 11.8 Å². The fourth-order valence-electron chi connectivity index (χ4n) is 3.83. The Morgan fingerprint density at radius 2 is 1.61 bits per heavy atom. The van der Waals surface area contributed by atoms with E-state index in [9.17, 15) is 4.79 Å². The summed E-state index contributed by atoms with van der Waals surface area (Å²) in [5, 5.41) is 4.63. The maximum Gasteiger partial charge on any atom is 0.254 e. The summed E-state index contributed by atoms with van der Waals surface area (Å²) < 4.78 is 7.56. The maximum atomic E-state index is 12.9. The van der Waals surface area contributed by atoms with Gasteiger partial charge in [-0.05, 0) is 31.5 Å². The topological polar surface area (TPSA) is 47.4 Å². The molecule has 1 amide bonds. The lowest BCUT2D eigenvalue weighted by Gasteiger charge is -2.35. The molecule has 1 aromatic heterocycles. The van der Waals surface area contributed by atoms with Gasteiger partial charge in [0.15, 0.2) is 0 Å². The lowest BCUT2D eigenvalue weighted by Crippen LogP contribution is -2.48. The Kier molecular flexibility index (Phi) is 5.01. The van der Waals surface area contributed by atoms with Gasteiger partial charge < -0.3 is 9.64 Å². The molecule has 2 atom stereocenters. The van der Waals surface area contributed by atoms with E-state index in [1.807, 2.05) is 79.1 Å². The van der Waals surface area contributed by atoms with Crippen molar-refractivity contribution < 1.29 is 9.53 Å². The van der Waals surface area contributed by atoms with E-state index >= 15 is 0 Å². The number of morpholine rings is 1. The fraction of sp³-hybridized carbons (Fsp3) is 0.304. The van der Waals surface area contributed by atoms with Gasteiger partial charge in [0.05, 0.1) is 12.2 Å². The van der Waals surface area contributed by atoms with Gasteiger partial charge in [-0.2, -0.15) is 5.10 Å². The van der Waals surface area contributed by atoms with E-state index in [-0.39, 0.29) is 18.1 Å². The maximum absolute atomic E-state index is 12.9. The molecule has 0 N–H and O–H groups in total. The van der Waals surface area contributed by atoms with Crippen LogP contribution in [0.5, 0.6) is 0 Å². The van der Waals surface area contributed by atoms with Crippen molar-refractivity contribution >= 4 is 5.91 Å². The molecule has 0 bridgehead atoms. The second-order valence-corrected chi connectivity index (χ2v) is 7.48. The van der Waals surface area contributed by atoms with Gasteiger partial charge in [-0.1, -0.05) is 42.5 Å². The first-order chi connectivity index (χ1) is 13.5. The molecule has 0 unspecified atom stereocenters. The molecule has 3 aromatic rings. The third-order valence-corrected chi connectivity index (χ3v) is 5.03. The monoisotopic (exact) mass is 375 g/mol. The third kappa shape index (κ3) is 3.71. The number of hydrogen-bond donors (Lipinski definition) is 0. The van der Waals surface area contributed by atoms with Crippen LogP contribution in [-0.4, -0.2) is 45.9 Å². The molecule has 1 aliphatic heterocycles. The van der Waals surface area contributed by atoms with Gasteiger partial charge in [0.2, 0.25) is 0 Å². The van der Waals surface area contributed by atoms with Gasteiger partial charge in [0.1, 0.15) is 5.69 Å². The predicted octanol–water partition coefficient (Wildman–Crippen LogP) is 4.00. The number of rotatable bonds is 3. The highest BCUT2D eigenvalue weighted by Gasteiger charge is 2.26. The van der Waals surface area contributed by atoms with E-state index in [4.69, 9.17) is 4.74 Å². The largest absolute Gasteiger partial charge is 0.372 e. The van der Waals surface area contributed by atoms with Crippen LogP contribution in [0.25, 0.3) is 22.4 Å². The molecule has 0 radical (unpaired) electrons. The highest BCUT2D eigenvalue weighted by Crippen LogP contribution is 2.31. The molecule has 0 aliphatic carbocycles. The normalized spacial score (nSPS) is 19.6. The van der Waals surface area contributed by atoms with E-state index in [0.717, 1.165) is 22.4 Å². The first kappa shape index (κ1) is 18.4. The molecule has 2 heterocycles. The zero-order valence-corrected chi connectivity index (χ0v) is 16.5. The van der Waals surface area contributed by atoms with Crippen molar-refractivity contribution in [3.8, 4) is 22.4 Å². The van der Waals surface area contributed by atoms with Gasteiger partial charge in [0.25, 0.3) is 5.91 Å². The summed E-state index contributed by atoms with van der Waals surface area (Å²) in [4.78, 5) is 14.8. The molecule has 5 nitrogen and oxygen atoms in total. The molecule has 1 saturated heterocycles. The summed E-state index contributed by atoms with van der Waals surface area (Å²) in [5.41, 5.74) is 4.83. The molecule has 144 valence electrons.